The average Bonchev–Trinajstić information content (AvgIpc) is 2.19. The third kappa shape index (κ3) is 5.73. The van der Waals surface area contributed by atoms with Gasteiger partial charge in [-0.05, 0) is 43.4 Å². The third-order valence-corrected chi connectivity index (χ3v) is 4.29. The van der Waals surface area contributed by atoms with Crippen LogP contribution in [-0.2, 0) is 6.42 Å². The van der Waals surface area contributed by atoms with E-state index in [0.717, 1.165) is 12.1 Å². The van der Waals surface area contributed by atoms with Crippen molar-refractivity contribution in [3.8, 4) is 0 Å². The Morgan fingerprint density at radius 2 is 1.59 bits per heavy atom. The molecule has 0 radical (unpaired) electrons. The minimum atomic E-state index is -0.0470. The third-order valence-electron chi connectivity index (χ3n) is 2.36. The van der Waals surface area contributed by atoms with Gasteiger partial charge in [-0.2, -0.15) is 0 Å². The number of thiol groups is 1. The summed E-state index contributed by atoms with van der Waals surface area (Å²) in [6.45, 7) is 11.0. The van der Waals surface area contributed by atoms with Crippen molar-refractivity contribution in [3.63, 3.8) is 0 Å². The largest absolute Gasteiger partial charge is 0.370 e. The quantitative estimate of drug-likeness (QED) is 0.453. The van der Waals surface area contributed by atoms with Crippen LogP contribution in [-0.4, -0.2) is 4.87 Å². The lowest BCUT2D eigenvalue weighted by Gasteiger charge is -2.24. The van der Waals surface area contributed by atoms with Crippen molar-refractivity contribution < 1.29 is 0 Å². The fraction of sp³-hybridized carbons (Fsp3) is 0.571. The Bertz CT molecular complexity index is 349. The van der Waals surface area contributed by atoms with E-state index in [0.29, 0.717) is 5.41 Å². The molecule has 0 saturated carbocycles. The Labute approximate surface area is 115 Å². The number of benzene rings is 1. The Hall–Kier alpha value is -0.280. The molecule has 0 amide bonds. The minimum absolute atomic E-state index is 0.0470. The molecule has 1 N–H and O–H groups in total. The van der Waals surface area contributed by atoms with E-state index < -0.39 is 0 Å². The van der Waals surface area contributed by atoms with Gasteiger partial charge in [-0.15, -0.1) is 11.7 Å². The second-order valence-electron chi connectivity index (χ2n) is 6.16. The molecule has 1 aromatic carbocycles. The van der Waals surface area contributed by atoms with E-state index in [1.54, 1.807) is 0 Å². The predicted molar refractivity (Wildman–Crippen MR) is 83.9 cm³/mol. The van der Waals surface area contributed by atoms with Crippen LogP contribution in [0.5, 0.6) is 0 Å². The SMILES string of the molecule is CC(C)(C)Cc1ccc(NC(C)(C)SS)cc1. The molecule has 0 atom stereocenters. The van der Waals surface area contributed by atoms with Gasteiger partial charge in [0.05, 0.1) is 4.87 Å². The highest BCUT2D eigenvalue weighted by Crippen LogP contribution is 2.29. The molecule has 0 heterocycles. The summed E-state index contributed by atoms with van der Waals surface area (Å²) in [5.41, 5.74) is 2.88. The van der Waals surface area contributed by atoms with E-state index in [4.69, 9.17) is 0 Å². The number of nitrogens with one attached hydrogen (secondary N) is 1. The van der Waals surface area contributed by atoms with Gasteiger partial charge in [-0.3, -0.25) is 0 Å². The number of hydrogen-bond donors (Lipinski definition) is 2. The maximum absolute atomic E-state index is 4.26. The van der Waals surface area contributed by atoms with Crippen molar-refractivity contribution in [3.05, 3.63) is 29.8 Å². The Morgan fingerprint density at radius 1 is 1.06 bits per heavy atom. The van der Waals surface area contributed by atoms with Gasteiger partial charge in [0.25, 0.3) is 0 Å². The molecule has 1 aromatic rings. The van der Waals surface area contributed by atoms with E-state index in [1.807, 2.05) is 0 Å². The van der Waals surface area contributed by atoms with Crippen LogP contribution in [0.2, 0.25) is 0 Å². The second kappa shape index (κ2) is 5.57. The van der Waals surface area contributed by atoms with Gasteiger partial charge in [0.15, 0.2) is 0 Å². The van der Waals surface area contributed by atoms with E-state index in [1.165, 1.54) is 16.4 Å². The zero-order valence-corrected chi connectivity index (χ0v) is 13.1. The first-order valence-corrected chi connectivity index (χ1v) is 7.78. The fourth-order valence-electron chi connectivity index (χ4n) is 1.69. The van der Waals surface area contributed by atoms with Crippen molar-refractivity contribution in [2.45, 2.75) is 45.9 Å². The minimum Gasteiger partial charge on any atom is -0.370 e. The predicted octanol–water partition coefficient (Wildman–Crippen LogP) is 5.00. The summed E-state index contributed by atoms with van der Waals surface area (Å²) in [5.74, 6) is 0. The maximum Gasteiger partial charge on any atom is 0.0875 e. The summed E-state index contributed by atoms with van der Waals surface area (Å²) in [5, 5.41) is 3.44. The molecule has 0 spiro atoms. The van der Waals surface area contributed by atoms with Crippen molar-refractivity contribution >= 4 is 28.1 Å². The van der Waals surface area contributed by atoms with E-state index in [-0.39, 0.29) is 4.87 Å². The molecule has 17 heavy (non-hydrogen) atoms. The van der Waals surface area contributed by atoms with Crippen LogP contribution in [0, 0.1) is 5.41 Å². The normalized spacial score (nSPS) is 12.6. The average molecular weight is 269 g/mol. The van der Waals surface area contributed by atoms with E-state index in [2.05, 4.69) is 75.9 Å². The first-order valence-electron chi connectivity index (χ1n) is 5.92. The molecule has 0 unspecified atom stereocenters. The smallest absolute Gasteiger partial charge is 0.0875 e. The van der Waals surface area contributed by atoms with E-state index in [9.17, 15) is 0 Å². The van der Waals surface area contributed by atoms with E-state index >= 15 is 0 Å². The number of hydrogen-bond acceptors (Lipinski definition) is 3. The van der Waals surface area contributed by atoms with Crippen LogP contribution >= 0.6 is 22.5 Å². The molecular weight excluding hydrogens is 246 g/mol. The molecule has 0 saturated heterocycles. The number of rotatable bonds is 4. The van der Waals surface area contributed by atoms with Crippen LogP contribution in [0.1, 0.15) is 40.2 Å². The van der Waals surface area contributed by atoms with Gasteiger partial charge in [-0.1, -0.05) is 43.7 Å². The number of anilines is 1. The van der Waals surface area contributed by atoms with Gasteiger partial charge in [0, 0.05) is 5.69 Å². The molecule has 96 valence electrons. The lowest BCUT2D eigenvalue weighted by molar-refractivity contribution is 0.411. The van der Waals surface area contributed by atoms with Crippen LogP contribution in [0.25, 0.3) is 0 Å². The van der Waals surface area contributed by atoms with Crippen LogP contribution in [0.4, 0.5) is 5.69 Å². The first-order chi connectivity index (χ1) is 7.72. The Kier molecular flexibility index (Phi) is 4.85. The zero-order chi connectivity index (χ0) is 13.1. The molecule has 0 fully saturated rings. The first kappa shape index (κ1) is 14.8. The van der Waals surface area contributed by atoms with Gasteiger partial charge < -0.3 is 5.32 Å². The monoisotopic (exact) mass is 269 g/mol. The Balaban J connectivity index is 2.69. The highest BCUT2D eigenvalue weighted by molar-refractivity contribution is 8.69. The van der Waals surface area contributed by atoms with Crippen molar-refractivity contribution in [2.75, 3.05) is 5.32 Å². The highest BCUT2D eigenvalue weighted by atomic mass is 33.1. The van der Waals surface area contributed by atoms with Crippen molar-refractivity contribution in [1.82, 2.24) is 0 Å². The summed E-state index contributed by atoms with van der Waals surface area (Å²) in [6, 6.07) is 8.69. The van der Waals surface area contributed by atoms with Gasteiger partial charge in [0.2, 0.25) is 0 Å². The fourth-order valence-corrected chi connectivity index (χ4v) is 1.99. The summed E-state index contributed by atoms with van der Waals surface area (Å²) in [4.78, 5) is -0.0470. The molecule has 0 aliphatic carbocycles. The van der Waals surface area contributed by atoms with Gasteiger partial charge in [-0.25, -0.2) is 0 Å². The molecule has 1 nitrogen and oxygen atoms in total. The van der Waals surface area contributed by atoms with Gasteiger partial charge >= 0.3 is 0 Å². The van der Waals surface area contributed by atoms with Crippen molar-refractivity contribution in [2.24, 2.45) is 5.41 Å². The molecule has 3 heteroatoms. The highest BCUT2D eigenvalue weighted by Gasteiger charge is 2.16. The van der Waals surface area contributed by atoms with Crippen LogP contribution in [0.15, 0.2) is 24.3 Å². The van der Waals surface area contributed by atoms with Crippen LogP contribution in [0.3, 0.4) is 0 Å². The lowest BCUT2D eigenvalue weighted by Crippen LogP contribution is -2.24. The Morgan fingerprint density at radius 3 is 2.00 bits per heavy atom. The molecule has 0 aliphatic heterocycles. The second-order valence-corrected chi connectivity index (χ2v) is 7.91. The molecule has 0 bridgehead atoms. The molecule has 0 aromatic heterocycles. The van der Waals surface area contributed by atoms with Crippen LogP contribution < -0.4 is 5.32 Å². The standard InChI is InChI=1S/C14H23NS2/c1-13(2,3)10-11-6-8-12(9-7-11)15-14(4,5)17-16/h6-9,15-16H,10H2,1-5H3. The maximum atomic E-state index is 4.26. The zero-order valence-electron chi connectivity index (χ0n) is 11.4. The summed E-state index contributed by atoms with van der Waals surface area (Å²) in [6.07, 6.45) is 1.11. The van der Waals surface area contributed by atoms with Crippen molar-refractivity contribution in [1.29, 1.82) is 0 Å². The molecular formula is C14H23NS2. The topological polar surface area (TPSA) is 12.0 Å². The lowest BCUT2D eigenvalue weighted by atomic mass is 9.88. The molecule has 0 aliphatic rings. The van der Waals surface area contributed by atoms with Gasteiger partial charge in [0.1, 0.15) is 0 Å². The summed E-state index contributed by atoms with van der Waals surface area (Å²) >= 11 is 4.26. The summed E-state index contributed by atoms with van der Waals surface area (Å²) in [7, 11) is 1.52. The summed E-state index contributed by atoms with van der Waals surface area (Å²) < 4.78 is 0. The molecule has 1 rings (SSSR count).